The molecule has 1 aliphatic rings. The first-order valence-corrected chi connectivity index (χ1v) is 6.25. The minimum Gasteiger partial charge on any atom is -0.298 e. The van der Waals surface area contributed by atoms with Gasteiger partial charge < -0.3 is 0 Å². The van der Waals surface area contributed by atoms with Crippen molar-refractivity contribution in [2.24, 2.45) is 4.99 Å². The summed E-state index contributed by atoms with van der Waals surface area (Å²) in [5, 5.41) is 0. The molecule has 16 heavy (non-hydrogen) atoms. The number of likely N-dealkylation sites (tertiary alicyclic amines) is 1. The van der Waals surface area contributed by atoms with Gasteiger partial charge in [-0.2, -0.15) is 0 Å². The molecule has 0 radical (unpaired) electrons. The van der Waals surface area contributed by atoms with Crippen LogP contribution in [0.2, 0.25) is 0 Å². The average molecular weight is 220 g/mol. The molecule has 0 aromatic heterocycles. The Balaban J connectivity index is 2.71. The number of aliphatic imine (C=N–C) groups is 1. The number of hydrogen-bond acceptors (Lipinski definition) is 2. The minimum absolute atomic E-state index is 0.487. The zero-order chi connectivity index (χ0) is 11.8. The van der Waals surface area contributed by atoms with Crippen LogP contribution in [-0.4, -0.2) is 37.3 Å². The highest BCUT2D eigenvalue weighted by molar-refractivity contribution is 5.99. The van der Waals surface area contributed by atoms with E-state index < -0.39 is 0 Å². The molecule has 2 heteroatoms. The van der Waals surface area contributed by atoms with Gasteiger partial charge in [0.2, 0.25) is 0 Å². The van der Waals surface area contributed by atoms with Gasteiger partial charge in [0.05, 0.1) is 11.8 Å². The predicted molar refractivity (Wildman–Crippen MR) is 72.2 cm³/mol. The second-order valence-corrected chi connectivity index (χ2v) is 4.44. The zero-order valence-corrected chi connectivity index (χ0v) is 10.7. The standard InChI is InChI=1S/C14H24N2/c1-4-5-10-13(15-2)14-11-8-6-7-9-12-16(14)3/h4-5,10,14H,1,6-9,11-12H2,2-3H3/b10-5-,15-13?. The van der Waals surface area contributed by atoms with Gasteiger partial charge in [0, 0.05) is 7.05 Å². The van der Waals surface area contributed by atoms with Crippen LogP contribution in [0.4, 0.5) is 0 Å². The lowest BCUT2D eigenvalue weighted by Gasteiger charge is -2.30. The van der Waals surface area contributed by atoms with E-state index in [9.17, 15) is 0 Å². The molecule has 0 N–H and O–H groups in total. The van der Waals surface area contributed by atoms with Gasteiger partial charge in [0.15, 0.2) is 0 Å². The fourth-order valence-corrected chi connectivity index (χ4v) is 2.30. The van der Waals surface area contributed by atoms with Crippen molar-refractivity contribution in [3.63, 3.8) is 0 Å². The van der Waals surface area contributed by atoms with Crippen LogP contribution in [0, 0.1) is 0 Å². The Morgan fingerprint density at radius 2 is 2.06 bits per heavy atom. The normalized spacial score (nSPS) is 25.4. The average Bonchev–Trinajstić information content (AvgIpc) is 2.28. The third-order valence-corrected chi connectivity index (χ3v) is 3.27. The molecule has 90 valence electrons. The SMILES string of the molecule is C=C/C=C\C(=NC)C1CCCCCCN1C. The molecule has 0 amide bonds. The van der Waals surface area contributed by atoms with Crippen molar-refractivity contribution in [1.29, 1.82) is 0 Å². The summed E-state index contributed by atoms with van der Waals surface area (Å²) in [4.78, 5) is 6.85. The molecule has 2 nitrogen and oxygen atoms in total. The molecule has 1 aliphatic heterocycles. The number of nitrogens with zero attached hydrogens (tertiary/aromatic N) is 2. The third-order valence-electron chi connectivity index (χ3n) is 3.27. The van der Waals surface area contributed by atoms with E-state index in [0.29, 0.717) is 6.04 Å². The fraction of sp³-hybridized carbons (Fsp3) is 0.643. The fourth-order valence-electron chi connectivity index (χ4n) is 2.30. The maximum absolute atomic E-state index is 4.41. The lowest BCUT2D eigenvalue weighted by atomic mass is 9.98. The lowest BCUT2D eigenvalue weighted by molar-refractivity contribution is 0.258. The van der Waals surface area contributed by atoms with Gasteiger partial charge in [-0.15, -0.1) is 0 Å². The van der Waals surface area contributed by atoms with Crippen LogP contribution in [0.3, 0.4) is 0 Å². The summed E-state index contributed by atoms with van der Waals surface area (Å²) in [6.07, 6.45) is 12.5. The lowest BCUT2D eigenvalue weighted by Crippen LogP contribution is -2.39. The summed E-state index contributed by atoms with van der Waals surface area (Å²) in [6.45, 7) is 4.90. The van der Waals surface area contributed by atoms with E-state index in [1.54, 1.807) is 0 Å². The van der Waals surface area contributed by atoms with Crippen molar-refractivity contribution in [1.82, 2.24) is 4.90 Å². The Bertz CT molecular complexity index is 266. The van der Waals surface area contributed by atoms with Crippen molar-refractivity contribution in [2.45, 2.75) is 38.1 Å². The maximum atomic E-state index is 4.41. The van der Waals surface area contributed by atoms with Crippen LogP contribution in [0.1, 0.15) is 32.1 Å². The molecule has 1 rings (SSSR count). The summed E-state index contributed by atoms with van der Waals surface area (Å²) in [6, 6.07) is 0.487. The van der Waals surface area contributed by atoms with Crippen molar-refractivity contribution in [2.75, 3.05) is 20.6 Å². The van der Waals surface area contributed by atoms with Crippen molar-refractivity contribution >= 4 is 5.71 Å². The van der Waals surface area contributed by atoms with Gasteiger partial charge in [0.25, 0.3) is 0 Å². The van der Waals surface area contributed by atoms with E-state index >= 15 is 0 Å². The first kappa shape index (κ1) is 13.2. The largest absolute Gasteiger partial charge is 0.298 e. The molecular weight excluding hydrogens is 196 g/mol. The highest BCUT2D eigenvalue weighted by atomic mass is 15.1. The summed E-state index contributed by atoms with van der Waals surface area (Å²) in [5.74, 6) is 0. The smallest absolute Gasteiger partial charge is 0.0516 e. The molecule has 1 heterocycles. The quantitative estimate of drug-likeness (QED) is 0.527. The van der Waals surface area contributed by atoms with Gasteiger partial charge >= 0.3 is 0 Å². The second kappa shape index (κ2) is 7.39. The van der Waals surface area contributed by atoms with Gasteiger partial charge in [-0.1, -0.05) is 38.0 Å². The highest BCUT2D eigenvalue weighted by Gasteiger charge is 2.19. The minimum atomic E-state index is 0.487. The number of allylic oxidation sites excluding steroid dienone is 2. The predicted octanol–water partition coefficient (Wildman–Crippen LogP) is 3.06. The van der Waals surface area contributed by atoms with Crippen LogP contribution in [0.5, 0.6) is 0 Å². The van der Waals surface area contributed by atoms with E-state index in [0.717, 1.165) is 0 Å². The monoisotopic (exact) mass is 220 g/mol. The molecule has 1 unspecified atom stereocenters. The zero-order valence-electron chi connectivity index (χ0n) is 10.7. The van der Waals surface area contributed by atoms with Gasteiger partial charge in [-0.05, 0) is 32.5 Å². The molecule has 0 aliphatic carbocycles. The molecule has 1 atom stereocenters. The summed E-state index contributed by atoms with van der Waals surface area (Å²) in [5.41, 5.74) is 1.18. The summed E-state index contributed by atoms with van der Waals surface area (Å²) >= 11 is 0. The van der Waals surface area contributed by atoms with Crippen LogP contribution < -0.4 is 0 Å². The first-order chi connectivity index (χ1) is 7.79. The van der Waals surface area contributed by atoms with Crippen molar-refractivity contribution < 1.29 is 0 Å². The second-order valence-electron chi connectivity index (χ2n) is 4.44. The molecule has 0 aromatic rings. The Hall–Kier alpha value is -0.890. The van der Waals surface area contributed by atoms with Crippen molar-refractivity contribution in [3.8, 4) is 0 Å². The third kappa shape index (κ3) is 3.93. The van der Waals surface area contributed by atoms with E-state index in [1.807, 2.05) is 19.2 Å². The Labute approximate surface area is 99.8 Å². The number of hydrogen-bond donors (Lipinski definition) is 0. The molecule has 0 spiro atoms. The van der Waals surface area contributed by atoms with Crippen LogP contribution in [0.15, 0.2) is 29.8 Å². The molecule has 0 bridgehead atoms. The van der Waals surface area contributed by atoms with Gasteiger partial charge in [0.1, 0.15) is 0 Å². The summed E-state index contributed by atoms with van der Waals surface area (Å²) in [7, 11) is 4.10. The summed E-state index contributed by atoms with van der Waals surface area (Å²) < 4.78 is 0. The maximum Gasteiger partial charge on any atom is 0.0516 e. The Morgan fingerprint density at radius 3 is 2.75 bits per heavy atom. The first-order valence-electron chi connectivity index (χ1n) is 6.25. The van der Waals surface area contributed by atoms with Crippen LogP contribution in [-0.2, 0) is 0 Å². The Kier molecular flexibility index (Phi) is 6.09. The van der Waals surface area contributed by atoms with E-state index in [4.69, 9.17) is 0 Å². The van der Waals surface area contributed by atoms with E-state index in [-0.39, 0.29) is 0 Å². The molecule has 0 aromatic carbocycles. The van der Waals surface area contributed by atoms with Gasteiger partial charge in [-0.25, -0.2) is 0 Å². The van der Waals surface area contributed by atoms with Crippen LogP contribution >= 0.6 is 0 Å². The van der Waals surface area contributed by atoms with E-state index in [2.05, 4.69) is 29.6 Å². The molecule has 1 fully saturated rings. The topological polar surface area (TPSA) is 15.6 Å². The van der Waals surface area contributed by atoms with Gasteiger partial charge in [-0.3, -0.25) is 9.89 Å². The Morgan fingerprint density at radius 1 is 1.31 bits per heavy atom. The molecular formula is C14H24N2. The highest BCUT2D eigenvalue weighted by Crippen LogP contribution is 2.16. The van der Waals surface area contributed by atoms with Crippen molar-refractivity contribution in [3.05, 3.63) is 24.8 Å². The van der Waals surface area contributed by atoms with Crippen LogP contribution in [0.25, 0.3) is 0 Å². The molecule has 1 saturated heterocycles. The van der Waals surface area contributed by atoms with E-state index in [1.165, 1.54) is 44.4 Å². The number of rotatable bonds is 3. The molecule has 0 saturated carbocycles.